The molecule has 0 aliphatic heterocycles. The van der Waals surface area contributed by atoms with Gasteiger partial charge in [-0.2, -0.15) is 10.3 Å². The van der Waals surface area contributed by atoms with Crippen LogP contribution in [-0.2, 0) is 11.3 Å². The Labute approximate surface area is 153 Å². The van der Waals surface area contributed by atoms with E-state index >= 15 is 0 Å². The molecule has 8 heteroatoms. The second-order valence-corrected chi connectivity index (χ2v) is 5.74. The Morgan fingerprint density at radius 3 is 2.85 bits per heavy atom. The van der Waals surface area contributed by atoms with E-state index in [4.69, 9.17) is 21.1 Å². The third kappa shape index (κ3) is 4.00. The normalized spacial score (nSPS) is 10.6. The maximum atomic E-state index is 13.3. The molecule has 0 unspecified atom stereocenters. The topological polar surface area (TPSA) is 77.1 Å². The standard InChI is InChI=1S/C18H15ClFN3O3/c1-2-25-18(24)17-16(21-23-22-17)14-9-12(19)6-7-15(14)26-10-11-4-3-5-13(20)8-11/h3-9H,2,10H2,1H3,(H,21,22,23). The highest BCUT2D eigenvalue weighted by Crippen LogP contribution is 2.33. The quantitative estimate of drug-likeness (QED) is 0.658. The second kappa shape index (κ2) is 7.97. The molecule has 26 heavy (non-hydrogen) atoms. The SMILES string of the molecule is CCOC(=O)c1n[nH]nc1-c1cc(Cl)ccc1OCc1cccc(F)c1. The monoisotopic (exact) mass is 375 g/mol. The van der Waals surface area contributed by atoms with Crippen LogP contribution >= 0.6 is 11.6 Å². The van der Waals surface area contributed by atoms with Crippen LogP contribution in [0.5, 0.6) is 5.75 Å². The maximum absolute atomic E-state index is 13.3. The Bertz CT molecular complexity index is 930. The van der Waals surface area contributed by atoms with E-state index in [0.29, 0.717) is 21.9 Å². The van der Waals surface area contributed by atoms with E-state index in [9.17, 15) is 9.18 Å². The van der Waals surface area contributed by atoms with Gasteiger partial charge in [-0.15, -0.1) is 5.10 Å². The average molecular weight is 376 g/mol. The minimum atomic E-state index is -0.604. The summed E-state index contributed by atoms with van der Waals surface area (Å²) in [6.07, 6.45) is 0. The zero-order valence-corrected chi connectivity index (χ0v) is 14.6. The lowest BCUT2D eigenvalue weighted by Crippen LogP contribution is -2.07. The lowest BCUT2D eigenvalue weighted by Gasteiger charge is -2.11. The molecular formula is C18H15ClFN3O3. The van der Waals surface area contributed by atoms with Gasteiger partial charge in [-0.3, -0.25) is 0 Å². The lowest BCUT2D eigenvalue weighted by atomic mass is 10.1. The number of aromatic amines is 1. The first kappa shape index (κ1) is 17.9. The van der Waals surface area contributed by atoms with E-state index in [-0.39, 0.29) is 30.4 Å². The van der Waals surface area contributed by atoms with E-state index in [2.05, 4.69) is 15.4 Å². The number of nitrogens with zero attached hydrogens (tertiary/aromatic N) is 2. The van der Waals surface area contributed by atoms with Crippen molar-refractivity contribution in [2.24, 2.45) is 0 Å². The molecule has 0 saturated carbocycles. The van der Waals surface area contributed by atoms with Crippen LogP contribution < -0.4 is 4.74 Å². The molecule has 0 radical (unpaired) electrons. The van der Waals surface area contributed by atoms with Crippen LogP contribution in [0.1, 0.15) is 23.0 Å². The molecule has 6 nitrogen and oxygen atoms in total. The van der Waals surface area contributed by atoms with Crippen molar-refractivity contribution in [3.8, 4) is 17.0 Å². The van der Waals surface area contributed by atoms with E-state index in [0.717, 1.165) is 0 Å². The second-order valence-electron chi connectivity index (χ2n) is 5.30. The van der Waals surface area contributed by atoms with Crippen LogP contribution in [-0.4, -0.2) is 28.0 Å². The third-order valence-corrected chi connectivity index (χ3v) is 3.73. The van der Waals surface area contributed by atoms with Gasteiger partial charge in [0.1, 0.15) is 23.9 Å². The summed E-state index contributed by atoms with van der Waals surface area (Å²) in [6.45, 7) is 2.05. The van der Waals surface area contributed by atoms with Crippen LogP contribution in [0, 0.1) is 5.82 Å². The Hall–Kier alpha value is -2.93. The number of carbonyl (C=O) groups is 1. The first-order valence-electron chi connectivity index (χ1n) is 7.83. The van der Waals surface area contributed by atoms with Crippen LogP contribution in [0.4, 0.5) is 4.39 Å². The van der Waals surface area contributed by atoms with Crippen LogP contribution in [0.15, 0.2) is 42.5 Å². The highest BCUT2D eigenvalue weighted by molar-refractivity contribution is 6.31. The molecule has 0 spiro atoms. The molecule has 2 aromatic carbocycles. The molecule has 0 aliphatic carbocycles. The Morgan fingerprint density at radius 1 is 1.23 bits per heavy atom. The van der Waals surface area contributed by atoms with Gasteiger partial charge in [0.05, 0.1) is 6.61 Å². The number of esters is 1. The largest absolute Gasteiger partial charge is 0.488 e. The van der Waals surface area contributed by atoms with E-state index < -0.39 is 5.97 Å². The smallest absolute Gasteiger partial charge is 0.361 e. The number of carbonyl (C=O) groups excluding carboxylic acids is 1. The summed E-state index contributed by atoms with van der Waals surface area (Å²) < 4.78 is 24.1. The van der Waals surface area contributed by atoms with Crippen LogP contribution in [0.2, 0.25) is 5.02 Å². The van der Waals surface area contributed by atoms with Gasteiger partial charge in [-0.05, 0) is 42.8 Å². The Morgan fingerprint density at radius 2 is 2.08 bits per heavy atom. The maximum Gasteiger partial charge on any atom is 0.361 e. The van der Waals surface area contributed by atoms with Crippen molar-refractivity contribution in [3.63, 3.8) is 0 Å². The van der Waals surface area contributed by atoms with Crippen molar-refractivity contribution in [2.75, 3.05) is 6.61 Å². The van der Waals surface area contributed by atoms with Gasteiger partial charge >= 0.3 is 5.97 Å². The molecule has 3 rings (SSSR count). The first-order chi connectivity index (χ1) is 12.6. The molecular weight excluding hydrogens is 361 g/mol. The summed E-state index contributed by atoms with van der Waals surface area (Å²) in [7, 11) is 0. The van der Waals surface area contributed by atoms with Gasteiger partial charge < -0.3 is 9.47 Å². The number of ether oxygens (including phenoxy) is 2. The van der Waals surface area contributed by atoms with Crippen molar-refractivity contribution >= 4 is 17.6 Å². The Balaban J connectivity index is 1.92. The van der Waals surface area contributed by atoms with Crippen molar-refractivity contribution in [2.45, 2.75) is 13.5 Å². The fourth-order valence-electron chi connectivity index (χ4n) is 2.36. The number of nitrogens with one attached hydrogen (secondary N) is 1. The van der Waals surface area contributed by atoms with E-state index in [1.165, 1.54) is 12.1 Å². The summed E-state index contributed by atoms with van der Waals surface area (Å²) in [5.74, 6) is -0.519. The van der Waals surface area contributed by atoms with Gasteiger partial charge in [-0.1, -0.05) is 23.7 Å². The van der Waals surface area contributed by atoms with Crippen LogP contribution in [0.25, 0.3) is 11.3 Å². The molecule has 0 aliphatic rings. The van der Waals surface area contributed by atoms with Crippen molar-refractivity contribution in [1.29, 1.82) is 0 Å². The average Bonchev–Trinajstić information content (AvgIpc) is 3.10. The minimum Gasteiger partial charge on any atom is -0.488 e. The molecule has 0 fully saturated rings. The lowest BCUT2D eigenvalue weighted by molar-refractivity contribution is 0.0520. The summed E-state index contributed by atoms with van der Waals surface area (Å²) in [6, 6.07) is 11.0. The number of H-pyrrole nitrogens is 1. The zero-order chi connectivity index (χ0) is 18.5. The van der Waals surface area contributed by atoms with E-state index in [1.54, 1.807) is 37.3 Å². The zero-order valence-electron chi connectivity index (χ0n) is 13.8. The minimum absolute atomic E-state index is 0.0322. The highest BCUT2D eigenvalue weighted by atomic mass is 35.5. The molecule has 0 bridgehead atoms. The van der Waals surface area contributed by atoms with Gasteiger partial charge in [0, 0.05) is 10.6 Å². The summed E-state index contributed by atoms with van der Waals surface area (Å²) in [5.41, 5.74) is 1.44. The number of halogens is 2. The van der Waals surface area contributed by atoms with Crippen molar-refractivity contribution < 1.29 is 18.7 Å². The molecule has 1 heterocycles. The number of hydrogen-bond acceptors (Lipinski definition) is 5. The predicted octanol–water partition coefficient (Wildman–Crippen LogP) is 4.02. The molecule has 0 atom stereocenters. The fourth-order valence-corrected chi connectivity index (χ4v) is 2.53. The van der Waals surface area contributed by atoms with Crippen molar-refractivity contribution in [3.05, 3.63) is 64.6 Å². The highest BCUT2D eigenvalue weighted by Gasteiger charge is 2.22. The Kier molecular flexibility index (Phi) is 5.48. The van der Waals surface area contributed by atoms with Gasteiger partial charge in [0.2, 0.25) is 0 Å². The number of benzene rings is 2. The molecule has 0 amide bonds. The molecule has 1 N–H and O–H groups in total. The van der Waals surface area contributed by atoms with Gasteiger partial charge in [-0.25, -0.2) is 9.18 Å². The molecule has 134 valence electrons. The fraction of sp³-hybridized carbons (Fsp3) is 0.167. The van der Waals surface area contributed by atoms with E-state index in [1.807, 2.05) is 0 Å². The van der Waals surface area contributed by atoms with Gasteiger partial charge in [0.25, 0.3) is 0 Å². The molecule has 3 aromatic rings. The number of hydrogen-bond donors (Lipinski definition) is 1. The first-order valence-corrected chi connectivity index (χ1v) is 8.21. The van der Waals surface area contributed by atoms with Crippen LogP contribution in [0.3, 0.4) is 0 Å². The number of aromatic nitrogens is 3. The summed E-state index contributed by atoms with van der Waals surface area (Å²) >= 11 is 6.09. The third-order valence-electron chi connectivity index (χ3n) is 3.50. The molecule has 1 aromatic heterocycles. The van der Waals surface area contributed by atoms with Gasteiger partial charge in [0.15, 0.2) is 5.69 Å². The number of rotatable bonds is 6. The van der Waals surface area contributed by atoms with Crippen molar-refractivity contribution in [1.82, 2.24) is 15.4 Å². The molecule has 0 saturated heterocycles. The summed E-state index contributed by atoms with van der Waals surface area (Å²) in [4.78, 5) is 12.1. The predicted molar refractivity (Wildman–Crippen MR) is 93.5 cm³/mol. The summed E-state index contributed by atoms with van der Waals surface area (Å²) in [5, 5.41) is 10.7.